The summed E-state index contributed by atoms with van der Waals surface area (Å²) < 4.78 is 1.59. The molecule has 5 heteroatoms. The van der Waals surface area contributed by atoms with Crippen molar-refractivity contribution in [3.8, 4) is 0 Å². The largest absolute Gasteiger partial charge is 0.200 e. The van der Waals surface area contributed by atoms with Gasteiger partial charge in [-0.05, 0) is 6.92 Å². The monoisotopic (exact) mass is 135 g/mol. The Morgan fingerprint density at radius 3 is 3.10 bits per heavy atom. The number of aromatic nitrogens is 5. The first-order chi connectivity index (χ1) is 4.88. The fourth-order valence-electron chi connectivity index (χ4n) is 0.768. The standard InChI is InChI=1S/C5H5N5/c1-4-5-8-6-2-3-10(5)9-7-4/h2-3H,1H3. The van der Waals surface area contributed by atoms with E-state index >= 15 is 0 Å². The number of aryl methyl sites for hydroxylation is 1. The van der Waals surface area contributed by atoms with Gasteiger partial charge in [-0.2, -0.15) is 9.61 Å². The van der Waals surface area contributed by atoms with Crippen molar-refractivity contribution in [2.24, 2.45) is 0 Å². The molecule has 0 spiro atoms. The number of hydrogen-bond acceptors (Lipinski definition) is 4. The lowest BCUT2D eigenvalue weighted by atomic mass is 10.5. The summed E-state index contributed by atoms with van der Waals surface area (Å²) in [4.78, 5) is 0. The second kappa shape index (κ2) is 1.73. The molecular formula is C5H5N5. The highest BCUT2D eigenvalue weighted by Crippen LogP contribution is 1.97. The van der Waals surface area contributed by atoms with Crippen molar-refractivity contribution in [2.75, 3.05) is 0 Å². The maximum atomic E-state index is 3.83. The lowest BCUT2D eigenvalue weighted by molar-refractivity contribution is 0.823. The predicted octanol–water partition coefficient (Wildman–Crippen LogP) is -0.172. The molecular weight excluding hydrogens is 130 g/mol. The number of rotatable bonds is 0. The van der Waals surface area contributed by atoms with Crippen LogP contribution in [0.2, 0.25) is 0 Å². The van der Waals surface area contributed by atoms with Gasteiger partial charge in [0.25, 0.3) is 0 Å². The molecule has 2 aromatic heterocycles. The Hall–Kier alpha value is -1.52. The maximum Gasteiger partial charge on any atom is 0.200 e. The minimum absolute atomic E-state index is 0.711. The highest BCUT2D eigenvalue weighted by atomic mass is 15.4. The Kier molecular flexibility index (Phi) is 0.913. The third-order valence-corrected chi connectivity index (χ3v) is 1.26. The lowest BCUT2D eigenvalue weighted by Crippen LogP contribution is -1.90. The van der Waals surface area contributed by atoms with Crippen LogP contribution < -0.4 is 0 Å². The van der Waals surface area contributed by atoms with E-state index in [2.05, 4.69) is 20.5 Å². The fraction of sp³-hybridized carbons (Fsp3) is 0.200. The average Bonchev–Trinajstić information content (AvgIpc) is 2.34. The first kappa shape index (κ1) is 5.28. The topological polar surface area (TPSA) is 56.0 Å². The molecule has 2 aromatic rings. The Morgan fingerprint density at radius 1 is 1.40 bits per heavy atom. The van der Waals surface area contributed by atoms with Gasteiger partial charge in [0, 0.05) is 0 Å². The molecule has 0 aliphatic rings. The van der Waals surface area contributed by atoms with Gasteiger partial charge in [0.15, 0.2) is 5.65 Å². The van der Waals surface area contributed by atoms with Crippen LogP contribution in [0.5, 0.6) is 0 Å². The van der Waals surface area contributed by atoms with Gasteiger partial charge in [-0.1, -0.05) is 5.21 Å². The predicted molar refractivity (Wildman–Crippen MR) is 33.3 cm³/mol. The Bertz CT molecular complexity index is 352. The smallest absolute Gasteiger partial charge is 0.199 e. The van der Waals surface area contributed by atoms with Crippen molar-refractivity contribution in [2.45, 2.75) is 6.92 Å². The third kappa shape index (κ3) is 0.570. The molecule has 0 saturated carbocycles. The van der Waals surface area contributed by atoms with Crippen LogP contribution in [0.3, 0.4) is 0 Å². The van der Waals surface area contributed by atoms with Crippen LogP contribution >= 0.6 is 0 Å². The van der Waals surface area contributed by atoms with Crippen LogP contribution in [-0.4, -0.2) is 25.0 Å². The molecule has 50 valence electrons. The van der Waals surface area contributed by atoms with E-state index in [1.165, 1.54) is 0 Å². The van der Waals surface area contributed by atoms with E-state index in [4.69, 9.17) is 0 Å². The van der Waals surface area contributed by atoms with E-state index in [9.17, 15) is 0 Å². The van der Waals surface area contributed by atoms with E-state index in [-0.39, 0.29) is 0 Å². The van der Waals surface area contributed by atoms with Gasteiger partial charge in [0.1, 0.15) is 5.69 Å². The van der Waals surface area contributed by atoms with E-state index in [1.54, 1.807) is 16.9 Å². The van der Waals surface area contributed by atoms with Crippen LogP contribution in [0.4, 0.5) is 0 Å². The van der Waals surface area contributed by atoms with Gasteiger partial charge >= 0.3 is 0 Å². The zero-order valence-corrected chi connectivity index (χ0v) is 5.39. The summed E-state index contributed by atoms with van der Waals surface area (Å²) >= 11 is 0. The van der Waals surface area contributed by atoms with Crippen LogP contribution in [-0.2, 0) is 0 Å². The Balaban J connectivity index is 2.93. The van der Waals surface area contributed by atoms with E-state index in [0.717, 1.165) is 5.69 Å². The number of nitrogens with zero attached hydrogens (tertiary/aromatic N) is 5. The van der Waals surface area contributed by atoms with E-state index < -0.39 is 0 Å². The zero-order chi connectivity index (χ0) is 6.97. The zero-order valence-electron chi connectivity index (χ0n) is 5.39. The Labute approximate surface area is 56.7 Å². The first-order valence-electron chi connectivity index (χ1n) is 2.87. The van der Waals surface area contributed by atoms with Gasteiger partial charge in [-0.25, -0.2) is 0 Å². The second-order valence-corrected chi connectivity index (χ2v) is 1.96. The molecule has 0 aliphatic carbocycles. The fourth-order valence-corrected chi connectivity index (χ4v) is 0.768. The molecule has 5 nitrogen and oxygen atoms in total. The van der Waals surface area contributed by atoms with Crippen molar-refractivity contribution in [1.29, 1.82) is 0 Å². The van der Waals surface area contributed by atoms with Gasteiger partial charge in [-0.3, -0.25) is 0 Å². The molecule has 0 amide bonds. The summed E-state index contributed by atoms with van der Waals surface area (Å²) in [7, 11) is 0. The minimum atomic E-state index is 0.711. The molecule has 0 aliphatic heterocycles. The Morgan fingerprint density at radius 2 is 2.30 bits per heavy atom. The summed E-state index contributed by atoms with van der Waals surface area (Å²) in [6, 6.07) is 0. The lowest BCUT2D eigenvalue weighted by Gasteiger charge is -1.84. The van der Waals surface area contributed by atoms with Gasteiger partial charge < -0.3 is 0 Å². The molecule has 0 fully saturated rings. The summed E-state index contributed by atoms with van der Waals surface area (Å²) in [5.74, 6) is 0. The second-order valence-electron chi connectivity index (χ2n) is 1.96. The summed E-state index contributed by atoms with van der Waals surface area (Å²) in [5, 5.41) is 15.1. The molecule has 0 saturated heterocycles. The number of fused-ring (bicyclic) bond motifs is 1. The summed E-state index contributed by atoms with van der Waals surface area (Å²) in [6.07, 6.45) is 3.28. The average molecular weight is 135 g/mol. The summed E-state index contributed by atoms with van der Waals surface area (Å²) in [5.41, 5.74) is 1.51. The minimum Gasteiger partial charge on any atom is -0.199 e. The SMILES string of the molecule is Cc1nnn2ccnnc12. The molecule has 2 rings (SSSR count). The highest BCUT2D eigenvalue weighted by Gasteiger charge is 1.99. The van der Waals surface area contributed by atoms with Gasteiger partial charge in [0.05, 0.1) is 12.4 Å². The van der Waals surface area contributed by atoms with Crippen LogP contribution in [0.25, 0.3) is 5.65 Å². The van der Waals surface area contributed by atoms with Crippen LogP contribution in [0.1, 0.15) is 5.69 Å². The molecule has 0 unspecified atom stereocenters. The first-order valence-corrected chi connectivity index (χ1v) is 2.87. The molecule has 0 bridgehead atoms. The molecule has 0 aromatic carbocycles. The van der Waals surface area contributed by atoms with Gasteiger partial charge in [0.2, 0.25) is 0 Å². The van der Waals surface area contributed by atoms with Crippen molar-refractivity contribution in [1.82, 2.24) is 25.0 Å². The summed E-state index contributed by atoms with van der Waals surface area (Å²) in [6.45, 7) is 1.84. The molecule has 0 radical (unpaired) electrons. The number of hydrogen-bond donors (Lipinski definition) is 0. The highest BCUT2D eigenvalue weighted by molar-refractivity contribution is 5.38. The van der Waals surface area contributed by atoms with E-state index in [1.807, 2.05) is 6.92 Å². The normalized spacial score (nSPS) is 10.5. The quantitative estimate of drug-likeness (QED) is 0.503. The van der Waals surface area contributed by atoms with Crippen molar-refractivity contribution in [3.63, 3.8) is 0 Å². The van der Waals surface area contributed by atoms with Crippen molar-refractivity contribution < 1.29 is 0 Å². The molecule has 0 N–H and O–H groups in total. The molecule has 0 atom stereocenters. The van der Waals surface area contributed by atoms with Crippen LogP contribution in [0, 0.1) is 6.92 Å². The maximum absolute atomic E-state index is 3.83. The van der Waals surface area contributed by atoms with Crippen LogP contribution in [0.15, 0.2) is 12.4 Å². The third-order valence-electron chi connectivity index (χ3n) is 1.26. The molecule has 10 heavy (non-hydrogen) atoms. The van der Waals surface area contributed by atoms with E-state index in [0.29, 0.717) is 5.65 Å². The van der Waals surface area contributed by atoms with Gasteiger partial charge in [-0.15, -0.1) is 10.2 Å². The van der Waals surface area contributed by atoms with Crippen molar-refractivity contribution in [3.05, 3.63) is 18.1 Å². The molecule has 2 heterocycles. The van der Waals surface area contributed by atoms with Crippen molar-refractivity contribution >= 4 is 5.65 Å².